The third-order valence-corrected chi connectivity index (χ3v) is 2.93. The quantitative estimate of drug-likeness (QED) is 0.753. The van der Waals surface area contributed by atoms with Crippen molar-refractivity contribution in [2.45, 2.75) is 6.92 Å². The first kappa shape index (κ1) is 15.0. The fourth-order valence-electron chi connectivity index (χ4n) is 1.92. The number of nitrogens with one attached hydrogen (secondary N) is 1. The van der Waals surface area contributed by atoms with Gasteiger partial charge in [-0.15, -0.1) is 0 Å². The van der Waals surface area contributed by atoms with E-state index < -0.39 is 0 Å². The van der Waals surface area contributed by atoms with Crippen LogP contribution in [-0.2, 0) is 0 Å². The van der Waals surface area contributed by atoms with Crippen LogP contribution in [0.4, 0.5) is 5.69 Å². The molecule has 0 amide bonds. The molecule has 112 valence electrons. The van der Waals surface area contributed by atoms with Crippen LogP contribution in [0.2, 0.25) is 0 Å². The Bertz CT molecular complexity index is 540. The molecule has 1 N–H and O–H groups in total. The Morgan fingerprint density at radius 2 is 1.62 bits per heavy atom. The fourth-order valence-corrected chi connectivity index (χ4v) is 1.92. The molecule has 4 nitrogen and oxygen atoms in total. The minimum atomic E-state index is 0.576. The molecule has 0 aromatic heterocycles. The maximum atomic E-state index is 5.67. The summed E-state index contributed by atoms with van der Waals surface area (Å²) in [5, 5.41) is 3.32. The van der Waals surface area contributed by atoms with Crippen LogP contribution in [0.15, 0.2) is 48.5 Å². The summed E-state index contributed by atoms with van der Waals surface area (Å²) in [5.74, 6) is 2.52. The van der Waals surface area contributed by atoms with Gasteiger partial charge in [-0.25, -0.2) is 0 Å². The molecule has 0 spiro atoms. The molecule has 0 bridgehead atoms. The van der Waals surface area contributed by atoms with Crippen LogP contribution in [0.25, 0.3) is 0 Å². The number of anilines is 1. The van der Waals surface area contributed by atoms with Gasteiger partial charge >= 0.3 is 0 Å². The van der Waals surface area contributed by atoms with Crippen LogP contribution >= 0.6 is 0 Å². The lowest BCUT2D eigenvalue weighted by atomic mass is 10.3. The standard InChI is InChI=1S/C17H21NO3/c1-3-20-17-7-5-4-6-16(17)18-12-13-21-15-10-8-14(19-2)9-11-15/h4-11,18H,3,12-13H2,1-2H3. The van der Waals surface area contributed by atoms with Crippen LogP contribution in [0.5, 0.6) is 17.2 Å². The van der Waals surface area contributed by atoms with Crippen LogP contribution in [0, 0.1) is 0 Å². The highest BCUT2D eigenvalue weighted by Crippen LogP contribution is 2.23. The molecule has 2 aromatic carbocycles. The van der Waals surface area contributed by atoms with Gasteiger partial charge in [0.1, 0.15) is 23.9 Å². The topological polar surface area (TPSA) is 39.7 Å². The molecule has 2 rings (SSSR count). The number of methoxy groups -OCH3 is 1. The maximum Gasteiger partial charge on any atom is 0.142 e. The molecule has 0 aliphatic carbocycles. The zero-order valence-electron chi connectivity index (χ0n) is 12.5. The van der Waals surface area contributed by atoms with Gasteiger partial charge in [-0.1, -0.05) is 12.1 Å². The maximum absolute atomic E-state index is 5.67. The summed E-state index contributed by atoms with van der Waals surface area (Å²) in [6.07, 6.45) is 0. The highest BCUT2D eigenvalue weighted by Gasteiger charge is 2.01. The third kappa shape index (κ3) is 4.60. The van der Waals surface area contributed by atoms with E-state index in [1.807, 2.05) is 55.5 Å². The molecule has 0 saturated heterocycles. The van der Waals surface area contributed by atoms with E-state index in [4.69, 9.17) is 14.2 Å². The molecule has 0 unspecified atom stereocenters. The average molecular weight is 287 g/mol. The summed E-state index contributed by atoms with van der Waals surface area (Å²) in [5.41, 5.74) is 0.984. The Kier molecular flexibility index (Phi) is 5.76. The Labute approximate surface area is 125 Å². The molecule has 0 atom stereocenters. The Morgan fingerprint density at radius 1 is 0.905 bits per heavy atom. The monoisotopic (exact) mass is 287 g/mol. The molecule has 2 aromatic rings. The molecule has 0 radical (unpaired) electrons. The number of hydrogen-bond donors (Lipinski definition) is 1. The summed E-state index contributed by atoms with van der Waals surface area (Å²) >= 11 is 0. The van der Waals surface area contributed by atoms with Crippen molar-refractivity contribution >= 4 is 5.69 Å². The first-order valence-corrected chi connectivity index (χ1v) is 7.06. The predicted molar refractivity (Wildman–Crippen MR) is 84.6 cm³/mol. The van der Waals surface area contributed by atoms with Crippen molar-refractivity contribution in [3.05, 3.63) is 48.5 Å². The van der Waals surface area contributed by atoms with Crippen molar-refractivity contribution in [1.29, 1.82) is 0 Å². The second kappa shape index (κ2) is 8.04. The SMILES string of the molecule is CCOc1ccccc1NCCOc1ccc(OC)cc1. The van der Waals surface area contributed by atoms with Gasteiger partial charge in [0.05, 0.1) is 19.4 Å². The molecule has 0 aliphatic rings. The minimum Gasteiger partial charge on any atom is -0.497 e. The molecule has 0 heterocycles. The zero-order chi connectivity index (χ0) is 14.9. The lowest BCUT2D eigenvalue weighted by Gasteiger charge is -2.12. The number of benzene rings is 2. The van der Waals surface area contributed by atoms with Gasteiger partial charge in [-0.3, -0.25) is 0 Å². The lowest BCUT2D eigenvalue weighted by Crippen LogP contribution is -2.12. The number of para-hydroxylation sites is 2. The van der Waals surface area contributed by atoms with Gasteiger partial charge in [-0.2, -0.15) is 0 Å². The number of ether oxygens (including phenoxy) is 3. The Hall–Kier alpha value is -2.36. The van der Waals surface area contributed by atoms with E-state index in [9.17, 15) is 0 Å². The van der Waals surface area contributed by atoms with Gasteiger partial charge in [0, 0.05) is 6.54 Å². The highest BCUT2D eigenvalue weighted by molar-refractivity contribution is 5.56. The number of rotatable bonds is 8. The van der Waals surface area contributed by atoms with Gasteiger partial charge < -0.3 is 19.5 Å². The highest BCUT2D eigenvalue weighted by atomic mass is 16.5. The third-order valence-electron chi connectivity index (χ3n) is 2.93. The summed E-state index contributed by atoms with van der Waals surface area (Å²) < 4.78 is 16.3. The average Bonchev–Trinajstić information content (AvgIpc) is 2.54. The second-order valence-corrected chi connectivity index (χ2v) is 4.38. The molecule has 0 saturated carbocycles. The zero-order valence-corrected chi connectivity index (χ0v) is 12.5. The van der Waals surface area contributed by atoms with Crippen molar-refractivity contribution in [3.8, 4) is 17.2 Å². The van der Waals surface area contributed by atoms with Crippen molar-refractivity contribution in [2.75, 3.05) is 32.2 Å². The van der Waals surface area contributed by atoms with Crippen molar-refractivity contribution in [1.82, 2.24) is 0 Å². The smallest absolute Gasteiger partial charge is 0.142 e. The summed E-state index contributed by atoms with van der Waals surface area (Å²) in [7, 11) is 1.65. The van der Waals surface area contributed by atoms with Gasteiger partial charge in [0.15, 0.2) is 0 Å². The fraction of sp³-hybridized carbons (Fsp3) is 0.294. The normalized spacial score (nSPS) is 10.0. The number of hydrogen-bond acceptors (Lipinski definition) is 4. The van der Waals surface area contributed by atoms with E-state index in [1.54, 1.807) is 7.11 Å². The van der Waals surface area contributed by atoms with Crippen LogP contribution < -0.4 is 19.5 Å². The lowest BCUT2D eigenvalue weighted by molar-refractivity contribution is 0.329. The van der Waals surface area contributed by atoms with Crippen molar-refractivity contribution < 1.29 is 14.2 Å². The van der Waals surface area contributed by atoms with Crippen LogP contribution in [0.1, 0.15) is 6.92 Å². The second-order valence-electron chi connectivity index (χ2n) is 4.38. The molecular weight excluding hydrogens is 266 g/mol. The van der Waals surface area contributed by atoms with Crippen LogP contribution in [-0.4, -0.2) is 26.9 Å². The molecular formula is C17H21NO3. The molecule has 4 heteroatoms. The molecule has 0 aliphatic heterocycles. The van der Waals surface area contributed by atoms with Crippen molar-refractivity contribution in [2.24, 2.45) is 0 Å². The molecule has 21 heavy (non-hydrogen) atoms. The van der Waals surface area contributed by atoms with Gasteiger partial charge in [0.2, 0.25) is 0 Å². The predicted octanol–water partition coefficient (Wildman–Crippen LogP) is 3.58. The summed E-state index contributed by atoms with van der Waals surface area (Å²) in [6, 6.07) is 15.5. The Morgan fingerprint density at radius 3 is 2.33 bits per heavy atom. The summed E-state index contributed by atoms with van der Waals surface area (Å²) in [4.78, 5) is 0. The van der Waals surface area contributed by atoms with Gasteiger partial charge in [-0.05, 0) is 43.3 Å². The largest absolute Gasteiger partial charge is 0.497 e. The van der Waals surface area contributed by atoms with E-state index in [2.05, 4.69) is 5.32 Å². The van der Waals surface area contributed by atoms with Gasteiger partial charge in [0.25, 0.3) is 0 Å². The van der Waals surface area contributed by atoms with E-state index in [-0.39, 0.29) is 0 Å². The molecule has 0 fully saturated rings. The van der Waals surface area contributed by atoms with E-state index in [0.29, 0.717) is 19.8 Å². The minimum absolute atomic E-state index is 0.576. The van der Waals surface area contributed by atoms with E-state index in [1.165, 1.54) is 0 Å². The van der Waals surface area contributed by atoms with Crippen LogP contribution in [0.3, 0.4) is 0 Å². The first-order valence-electron chi connectivity index (χ1n) is 7.06. The first-order chi connectivity index (χ1) is 10.3. The van der Waals surface area contributed by atoms with E-state index in [0.717, 1.165) is 22.9 Å². The summed E-state index contributed by atoms with van der Waals surface area (Å²) in [6.45, 7) is 3.91. The van der Waals surface area contributed by atoms with Crippen molar-refractivity contribution in [3.63, 3.8) is 0 Å². The van der Waals surface area contributed by atoms with E-state index >= 15 is 0 Å². The Balaban J connectivity index is 1.79.